The summed E-state index contributed by atoms with van der Waals surface area (Å²) in [6.07, 6.45) is -0.961. The minimum absolute atomic E-state index is 0.201. The molecule has 0 amide bonds. The van der Waals surface area contributed by atoms with E-state index in [0.717, 1.165) is 12.1 Å². The molecule has 0 saturated carbocycles. The van der Waals surface area contributed by atoms with Crippen LogP contribution in [0, 0.1) is 11.6 Å². The van der Waals surface area contributed by atoms with E-state index >= 15 is 0 Å². The summed E-state index contributed by atoms with van der Waals surface area (Å²) in [7, 11) is 0. The Morgan fingerprint density at radius 1 is 1.50 bits per heavy atom. The van der Waals surface area contributed by atoms with Crippen LogP contribution in [0.3, 0.4) is 0 Å². The van der Waals surface area contributed by atoms with Gasteiger partial charge >= 0.3 is 0 Å². The third-order valence-corrected chi connectivity index (χ3v) is 1.82. The van der Waals surface area contributed by atoms with Crippen molar-refractivity contribution < 1.29 is 18.3 Å². The third kappa shape index (κ3) is 2.67. The highest BCUT2D eigenvalue weighted by molar-refractivity contribution is 6.64. The second-order valence-electron chi connectivity index (χ2n) is 2.64. The fraction of sp³-hybridized carbons (Fsp3) is 0.222. The number of benzene rings is 1. The van der Waals surface area contributed by atoms with Crippen LogP contribution in [-0.2, 0) is 4.79 Å². The van der Waals surface area contributed by atoms with Crippen molar-refractivity contribution in [3.05, 3.63) is 29.8 Å². The third-order valence-electron chi connectivity index (χ3n) is 1.52. The number of rotatable bonds is 3. The summed E-state index contributed by atoms with van der Waals surface area (Å²) in [6.45, 7) is 1.37. The molecule has 0 aliphatic heterocycles. The smallest absolute Gasteiger partial charge is 0.262 e. The lowest BCUT2D eigenvalue weighted by atomic mass is 10.3. The van der Waals surface area contributed by atoms with Crippen molar-refractivity contribution in [3.8, 4) is 5.75 Å². The van der Waals surface area contributed by atoms with Crippen molar-refractivity contribution in [2.45, 2.75) is 13.0 Å². The first-order valence-electron chi connectivity index (χ1n) is 3.81. The first-order chi connectivity index (χ1) is 6.50. The number of carbonyl (C=O) groups excluding carboxylic acids is 1. The molecule has 0 aliphatic carbocycles. The van der Waals surface area contributed by atoms with Gasteiger partial charge < -0.3 is 4.74 Å². The number of halogens is 3. The standard InChI is InChI=1S/C9H7ClF2O2/c1-5(9(10)13)14-8-3-2-6(11)4-7(8)12/h2-5H,1H3/t5-/m0/s1. The first kappa shape index (κ1) is 10.9. The molecule has 2 nitrogen and oxygen atoms in total. The van der Waals surface area contributed by atoms with E-state index in [9.17, 15) is 13.6 Å². The lowest BCUT2D eigenvalue weighted by Gasteiger charge is -2.10. The molecular weight excluding hydrogens is 214 g/mol. The number of carbonyl (C=O) groups is 1. The molecular formula is C9H7ClF2O2. The zero-order chi connectivity index (χ0) is 10.7. The SMILES string of the molecule is C[C@H](Oc1ccc(F)cc1F)C(=O)Cl. The Morgan fingerprint density at radius 2 is 2.14 bits per heavy atom. The molecule has 0 bridgehead atoms. The van der Waals surface area contributed by atoms with Gasteiger partial charge in [-0.15, -0.1) is 0 Å². The van der Waals surface area contributed by atoms with Crippen LogP contribution >= 0.6 is 11.6 Å². The van der Waals surface area contributed by atoms with E-state index in [-0.39, 0.29) is 5.75 Å². The summed E-state index contributed by atoms with van der Waals surface area (Å²) in [5.74, 6) is -1.78. The van der Waals surface area contributed by atoms with Crippen molar-refractivity contribution in [3.63, 3.8) is 0 Å². The lowest BCUT2D eigenvalue weighted by Crippen LogP contribution is -2.19. The largest absolute Gasteiger partial charge is 0.478 e. The van der Waals surface area contributed by atoms with Crippen molar-refractivity contribution >= 4 is 16.8 Å². The van der Waals surface area contributed by atoms with Crippen LogP contribution in [0.4, 0.5) is 8.78 Å². The Kier molecular flexibility index (Phi) is 3.41. The Labute approximate surface area is 84.4 Å². The van der Waals surface area contributed by atoms with Crippen molar-refractivity contribution in [2.24, 2.45) is 0 Å². The highest BCUT2D eigenvalue weighted by Gasteiger charge is 2.14. The summed E-state index contributed by atoms with van der Waals surface area (Å²) in [6, 6.07) is 2.80. The van der Waals surface area contributed by atoms with Gasteiger partial charge in [-0.3, -0.25) is 4.79 Å². The summed E-state index contributed by atoms with van der Waals surface area (Å²) in [5, 5.41) is -0.742. The van der Waals surface area contributed by atoms with Gasteiger partial charge in [-0.25, -0.2) is 8.78 Å². The monoisotopic (exact) mass is 220 g/mol. The zero-order valence-corrected chi connectivity index (χ0v) is 8.02. The molecule has 0 aromatic heterocycles. The predicted molar refractivity (Wildman–Crippen MR) is 47.3 cm³/mol. The van der Waals surface area contributed by atoms with Gasteiger partial charge in [0, 0.05) is 6.07 Å². The Hall–Kier alpha value is -1.16. The van der Waals surface area contributed by atoms with E-state index in [2.05, 4.69) is 0 Å². The van der Waals surface area contributed by atoms with E-state index in [1.807, 2.05) is 0 Å². The minimum Gasteiger partial charge on any atom is -0.478 e. The van der Waals surface area contributed by atoms with Crippen molar-refractivity contribution in [1.82, 2.24) is 0 Å². The fourth-order valence-corrected chi connectivity index (χ4v) is 0.852. The molecule has 0 aliphatic rings. The van der Waals surface area contributed by atoms with Gasteiger partial charge in [-0.2, -0.15) is 0 Å². The van der Waals surface area contributed by atoms with Gasteiger partial charge in [0.15, 0.2) is 17.7 Å². The van der Waals surface area contributed by atoms with Crippen LogP contribution < -0.4 is 4.74 Å². The maximum atomic E-state index is 13.0. The lowest BCUT2D eigenvalue weighted by molar-refractivity contribution is -0.117. The summed E-state index contributed by atoms with van der Waals surface area (Å²) in [5.41, 5.74) is 0. The molecule has 1 aromatic carbocycles. The maximum absolute atomic E-state index is 13.0. The number of hydrogen-bond acceptors (Lipinski definition) is 2. The molecule has 0 fully saturated rings. The average molecular weight is 221 g/mol. The molecule has 14 heavy (non-hydrogen) atoms. The predicted octanol–water partition coefficient (Wildman–Crippen LogP) is 2.50. The van der Waals surface area contributed by atoms with Crippen LogP contribution in [0.1, 0.15) is 6.92 Å². The Bertz CT molecular complexity index is 355. The van der Waals surface area contributed by atoms with Gasteiger partial charge in [-0.05, 0) is 30.7 Å². The van der Waals surface area contributed by atoms with E-state index in [0.29, 0.717) is 6.07 Å². The van der Waals surface area contributed by atoms with Crippen molar-refractivity contribution in [2.75, 3.05) is 0 Å². The minimum atomic E-state index is -0.961. The Balaban J connectivity index is 2.82. The molecule has 1 atom stereocenters. The highest BCUT2D eigenvalue weighted by atomic mass is 35.5. The van der Waals surface area contributed by atoms with Crippen LogP contribution in [0.2, 0.25) is 0 Å². The van der Waals surface area contributed by atoms with Crippen LogP contribution in [0.25, 0.3) is 0 Å². The molecule has 0 heterocycles. The summed E-state index contributed by atoms with van der Waals surface area (Å²) in [4.78, 5) is 10.6. The highest BCUT2D eigenvalue weighted by Crippen LogP contribution is 2.19. The molecule has 1 aromatic rings. The Morgan fingerprint density at radius 3 is 2.64 bits per heavy atom. The molecule has 76 valence electrons. The van der Waals surface area contributed by atoms with Crippen LogP contribution in [0.5, 0.6) is 5.75 Å². The molecule has 0 saturated heterocycles. The quantitative estimate of drug-likeness (QED) is 0.732. The molecule has 0 N–H and O–H groups in total. The number of hydrogen-bond donors (Lipinski definition) is 0. The molecule has 5 heteroatoms. The second kappa shape index (κ2) is 4.37. The topological polar surface area (TPSA) is 26.3 Å². The normalized spacial score (nSPS) is 12.3. The van der Waals surface area contributed by atoms with Crippen molar-refractivity contribution in [1.29, 1.82) is 0 Å². The van der Waals surface area contributed by atoms with E-state index in [4.69, 9.17) is 16.3 Å². The maximum Gasteiger partial charge on any atom is 0.262 e. The first-order valence-corrected chi connectivity index (χ1v) is 4.19. The average Bonchev–Trinajstić information content (AvgIpc) is 2.09. The molecule has 1 rings (SSSR count). The zero-order valence-electron chi connectivity index (χ0n) is 7.26. The van der Waals surface area contributed by atoms with Gasteiger partial charge in [0.1, 0.15) is 5.82 Å². The second-order valence-corrected chi connectivity index (χ2v) is 3.01. The number of ether oxygens (including phenoxy) is 1. The van der Waals surface area contributed by atoms with Gasteiger partial charge in [-0.1, -0.05) is 0 Å². The molecule has 0 spiro atoms. The molecule has 0 radical (unpaired) electrons. The van der Waals surface area contributed by atoms with Gasteiger partial charge in [0.2, 0.25) is 0 Å². The van der Waals surface area contributed by atoms with E-state index in [1.165, 1.54) is 6.92 Å². The van der Waals surface area contributed by atoms with E-state index in [1.54, 1.807) is 0 Å². The summed E-state index contributed by atoms with van der Waals surface area (Å²) < 4.78 is 30.2. The summed E-state index contributed by atoms with van der Waals surface area (Å²) >= 11 is 5.10. The fourth-order valence-electron chi connectivity index (χ4n) is 0.808. The van der Waals surface area contributed by atoms with Crippen LogP contribution in [-0.4, -0.2) is 11.3 Å². The molecule has 0 unspecified atom stereocenters. The van der Waals surface area contributed by atoms with Gasteiger partial charge in [0.05, 0.1) is 0 Å². The van der Waals surface area contributed by atoms with E-state index < -0.39 is 23.0 Å². The van der Waals surface area contributed by atoms with Gasteiger partial charge in [0.25, 0.3) is 5.24 Å². The van der Waals surface area contributed by atoms with Crippen LogP contribution in [0.15, 0.2) is 18.2 Å².